The fourth-order valence-electron chi connectivity index (χ4n) is 1.24. The number of hydrogen-bond donors (Lipinski definition) is 2. The minimum atomic E-state index is 0.272. The molecule has 1 aromatic rings. The Morgan fingerprint density at radius 3 is 2.94 bits per heavy atom. The van der Waals surface area contributed by atoms with Gasteiger partial charge in [0.2, 0.25) is 5.95 Å². The quantitative estimate of drug-likeness (QED) is 0.551. The average molecular weight is 268 g/mol. The predicted octanol–water partition coefficient (Wildman–Crippen LogP) is 1.59. The molecule has 0 atom stereocenters. The first-order chi connectivity index (χ1) is 8.59. The van der Waals surface area contributed by atoms with Gasteiger partial charge in [0.05, 0.1) is 6.61 Å². The molecule has 18 heavy (non-hydrogen) atoms. The lowest BCUT2D eigenvalue weighted by Crippen LogP contribution is -2.16. The van der Waals surface area contributed by atoms with Crippen LogP contribution in [0.5, 0.6) is 0 Å². The highest BCUT2D eigenvalue weighted by Gasteiger charge is 2.00. The predicted molar refractivity (Wildman–Crippen MR) is 76.7 cm³/mol. The monoisotopic (exact) mass is 268 g/mol. The van der Waals surface area contributed by atoms with Crippen LogP contribution >= 0.6 is 12.2 Å². The van der Waals surface area contributed by atoms with Gasteiger partial charge in [0.1, 0.15) is 10.7 Å². The second kappa shape index (κ2) is 7.94. The zero-order valence-corrected chi connectivity index (χ0v) is 11.7. The number of hydrogen-bond acceptors (Lipinski definition) is 5. The summed E-state index contributed by atoms with van der Waals surface area (Å²) in [6.07, 6.45) is 2.71. The second-order valence-electron chi connectivity index (χ2n) is 4.35. The summed E-state index contributed by atoms with van der Waals surface area (Å²) in [5.41, 5.74) is 6.07. The number of thiocarbonyl (C=S) groups is 1. The summed E-state index contributed by atoms with van der Waals surface area (Å²) in [6, 6.07) is 1.69. The van der Waals surface area contributed by atoms with Crippen molar-refractivity contribution in [1.29, 1.82) is 0 Å². The van der Waals surface area contributed by atoms with E-state index in [1.165, 1.54) is 0 Å². The van der Waals surface area contributed by atoms with Crippen molar-refractivity contribution in [3.63, 3.8) is 0 Å². The molecule has 1 aromatic heterocycles. The largest absolute Gasteiger partial charge is 0.388 e. The maximum Gasteiger partial charge on any atom is 0.223 e. The van der Waals surface area contributed by atoms with Crippen LogP contribution in [0.25, 0.3) is 0 Å². The summed E-state index contributed by atoms with van der Waals surface area (Å²) < 4.78 is 5.48. The molecule has 0 aliphatic heterocycles. The summed E-state index contributed by atoms with van der Waals surface area (Å²) in [5, 5.41) is 3.07. The van der Waals surface area contributed by atoms with Crippen molar-refractivity contribution in [2.75, 3.05) is 25.1 Å². The summed E-state index contributed by atoms with van der Waals surface area (Å²) >= 11 is 4.85. The van der Waals surface area contributed by atoms with Crippen LogP contribution < -0.4 is 11.1 Å². The fraction of sp³-hybridized carbons (Fsp3) is 0.583. The Hall–Kier alpha value is -1.27. The van der Waals surface area contributed by atoms with Gasteiger partial charge in [-0.25, -0.2) is 9.97 Å². The summed E-state index contributed by atoms with van der Waals surface area (Å²) in [6.45, 7) is 6.44. The van der Waals surface area contributed by atoms with E-state index < -0.39 is 0 Å². The lowest BCUT2D eigenvalue weighted by Gasteiger charge is -2.08. The second-order valence-corrected chi connectivity index (χ2v) is 4.79. The number of nitrogens with two attached hydrogens (primary N) is 1. The molecule has 6 heteroatoms. The van der Waals surface area contributed by atoms with Crippen molar-refractivity contribution < 1.29 is 4.74 Å². The lowest BCUT2D eigenvalue weighted by molar-refractivity contribution is 0.132. The number of ether oxygens (including phenoxy) is 1. The first-order valence-corrected chi connectivity index (χ1v) is 6.45. The molecule has 0 radical (unpaired) electrons. The van der Waals surface area contributed by atoms with Crippen LogP contribution in [-0.2, 0) is 4.74 Å². The zero-order chi connectivity index (χ0) is 13.4. The Morgan fingerprint density at radius 2 is 2.28 bits per heavy atom. The Bertz CT molecular complexity index is 384. The van der Waals surface area contributed by atoms with Crippen molar-refractivity contribution in [3.05, 3.63) is 18.0 Å². The molecular formula is C12H20N4OS. The molecule has 0 aliphatic rings. The molecule has 3 N–H and O–H groups in total. The molecule has 0 spiro atoms. The van der Waals surface area contributed by atoms with Crippen LogP contribution in [-0.4, -0.2) is 34.7 Å². The van der Waals surface area contributed by atoms with Gasteiger partial charge in [-0.2, -0.15) is 0 Å². The van der Waals surface area contributed by atoms with E-state index in [4.69, 9.17) is 22.7 Å². The van der Waals surface area contributed by atoms with Gasteiger partial charge in [0.25, 0.3) is 0 Å². The Kier molecular flexibility index (Phi) is 6.53. The first-order valence-electron chi connectivity index (χ1n) is 6.04. The maximum absolute atomic E-state index is 5.49. The molecule has 1 heterocycles. The number of nitrogens with one attached hydrogen (secondary N) is 1. The van der Waals surface area contributed by atoms with Crippen LogP contribution in [0.2, 0.25) is 0 Å². The van der Waals surface area contributed by atoms with Crippen LogP contribution in [0, 0.1) is 5.92 Å². The SMILES string of the molecule is CC(C)CCOCCNc1nccc(C(N)=S)n1. The van der Waals surface area contributed by atoms with Gasteiger partial charge in [-0.15, -0.1) is 0 Å². The molecule has 0 saturated heterocycles. The van der Waals surface area contributed by atoms with Gasteiger partial charge in [0, 0.05) is 19.3 Å². The topological polar surface area (TPSA) is 73.1 Å². The normalized spacial score (nSPS) is 10.6. The number of rotatable bonds is 8. The molecule has 0 unspecified atom stereocenters. The standard InChI is InChI=1S/C12H20N4OS/c1-9(2)4-7-17-8-6-15-12-14-5-3-10(16-12)11(13)18/h3,5,9H,4,6-8H2,1-2H3,(H2,13,18)(H,14,15,16). The van der Waals surface area contributed by atoms with E-state index in [1.807, 2.05) is 0 Å². The molecule has 1 rings (SSSR count). The number of aromatic nitrogens is 2. The van der Waals surface area contributed by atoms with Gasteiger partial charge in [-0.05, 0) is 18.4 Å². The highest BCUT2D eigenvalue weighted by molar-refractivity contribution is 7.80. The van der Waals surface area contributed by atoms with E-state index in [0.717, 1.165) is 13.0 Å². The summed E-state index contributed by atoms with van der Waals surface area (Å²) in [4.78, 5) is 8.52. The van der Waals surface area contributed by atoms with E-state index in [1.54, 1.807) is 12.3 Å². The van der Waals surface area contributed by atoms with Crippen LogP contribution in [0.1, 0.15) is 26.0 Å². The Balaban J connectivity index is 2.23. The van der Waals surface area contributed by atoms with Crippen molar-refractivity contribution in [1.82, 2.24) is 9.97 Å². The van der Waals surface area contributed by atoms with Crippen molar-refractivity contribution in [2.24, 2.45) is 11.7 Å². The van der Waals surface area contributed by atoms with Gasteiger partial charge in [-0.3, -0.25) is 0 Å². The number of anilines is 1. The molecule has 5 nitrogen and oxygen atoms in total. The van der Waals surface area contributed by atoms with E-state index in [-0.39, 0.29) is 4.99 Å². The summed E-state index contributed by atoms with van der Waals surface area (Å²) in [5.74, 6) is 1.19. The van der Waals surface area contributed by atoms with Gasteiger partial charge < -0.3 is 15.8 Å². The third-order valence-electron chi connectivity index (χ3n) is 2.28. The van der Waals surface area contributed by atoms with Gasteiger partial charge in [0.15, 0.2) is 0 Å². The van der Waals surface area contributed by atoms with E-state index >= 15 is 0 Å². The lowest BCUT2D eigenvalue weighted by atomic mass is 10.1. The van der Waals surface area contributed by atoms with E-state index in [2.05, 4.69) is 29.1 Å². The zero-order valence-electron chi connectivity index (χ0n) is 10.8. The highest BCUT2D eigenvalue weighted by Crippen LogP contribution is 2.01. The van der Waals surface area contributed by atoms with Crippen LogP contribution in [0.15, 0.2) is 12.3 Å². The molecule has 0 amide bonds. The van der Waals surface area contributed by atoms with Crippen molar-refractivity contribution in [2.45, 2.75) is 20.3 Å². The molecule has 0 saturated carbocycles. The fourth-order valence-corrected chi connectivity index (χ4v) is 1.35. The van der Waals surface area contributed by atoms with Crippen molar-refractivity contribution in [3.8, 4) is 0 Å². The maximum atomic E-state index is 5.49. The van der Waals surface area contributed by atoms with Crippen LogP contribution in [0.4, 0.5) is 5.95 Å². The summed E-state index contributed by atoms with van der Waals surface area (Å²) in [7, 11) is 0. The minimum Gasteiger partial charge on any atom is -0.388 e. The van der Waals surface area contributed by atoms with E-state index in [9.17, 15) is 0 Å². The van der Waals surface area contributed by atoms with Crippen molar-refractivity contribution >= 4 is 23.2 Å². The highest BCUT2D eigenvalue weighted by atomic mass is 32.1. The number of nitrogens with zero attached hydrogens (tertiary/aromatic N) is 2. The van der Waals surface area contributed by atoms with E-state index in [0.29, 0.717) is 30.7 Å². The first kappa shape index (κ1) is 14.8. The Morgan fingerprint density at radius 1 is 1.50 bits per heavy atom. The molecule has 0 fully saturated rings. The smallest absolute Gasteiger partial charge is 0.223 e. The Labute approximate surface area is 113 Å². The molecule has 0 bridgehead atoms. The average Bonchev–Trinajstić information content (AvgIpc) is 2.33. The molecular weight excluding hydrogens is 248 g/mol. The van der Waals surface area contributed by atoms with Gasteiger partial charge >= 0.3 is 0 Å². The third-order valence-corrected chi connectivity index (χ3v) is 2.49. The molecule has 100 valence electrons. The van der Waals surface area contributed by atoms with Crippen LogP contribution in [0.3, 0.4) is 0 Å². The van der Waals surface area contributed by atoms with Gasteiger partial charge in [-0.1, -0.05) is 26.1 Å². The molecule has 0 aliphatic carbocycles. The minimum absolute atomic E-state index is 0.272. The molecule has 0 aromatic carbocycles. The third kappa shape index (κ3) is 5.88.